The Labute approximate surface area is 108 Å². The molecule has 92 valence electrons. The predicted octanol–water partition coefficient (Wildman–Crippen LogP) is 3.23. The summed E-state index contributed by atoms with van der Waals surface area (Å²) < 4.78 is 0. The van der Waals surface area contributed by atoms with Gasteiger partial charge >= 0.3 is 0 Å². The largest absolute Gasteiger partial charge is 0.361 e. The van der Waals surface area contributed by atoms with E-state index in [1.807, 2.05) is 0 Å². The lowest BCUT2D eigenvalue weighted by Gasteiger charge is -2.18. The predicted molar refractivity (Wildman–Crippen MR) is 74.9 cm³/mol. The van der Waals surface area contributed by atoms with E-state index in [4.69, 9.17) is 0 Å². The number of nitrogens with one attached hydrogen (secondary N) is 1. The van der Waals surface area contributed by atoms with Crippen LogP contribution in [0.15, 0.2) is 30.5 Å². The van der Waals surface area contributed by atoms with Gasteiger partial charge < -0.3 is 9.88 Å². The third-order valence-corrected chi connectivity index (χ3v) is 3.80. The van der Waals surface area contributed by atoms with Gasteiger partial charge in [0.15, 0.2) is 0 Å². The number of halogens is 1. The molecule has 2 aromatic rings. The molecule has 0 amide bonds. The van der Waals surface area contributed by atoms with Gasteiger partial charge in [0.2, 0.25) is 0 Å². The van der Waals surface area contributed by atoms with Crippen molar-refractivity contribution in [3.63, 3.8) is 0 Å². The number of aromatic nitrogens is 1. The minimum Gasteiger partial charge on any atom is -0.361 e. The van der Waals surface area contributed by atoms with Gasteiger partial charge in [-0.05, 0) is 44.5 Å². The highest BCUT2D eigenvalue weighted by molar-refractivity contribution is 5.85. The number of hydrogen-bond acceptors (Lipinski definition) is 1. The Morgan fingerprint density at radius 3 is 2.94 bits per heavy atom. The zero-order valence-electron chi connectivity index (χ0n) is 10.1. The van der Waals surface area contributed by atoms with Crippen LogP contribution < -0.4 is 0 Å². The first-order valence-corrected chi connectivity index (χ1v) is 6.10. The maximum Gasteiger partial charge on any atom is 0.0456 e. The number of hydrogen-bond donors (Lipinski definition) is 1. The monoisotopic (exact) mass is 250 g/mol. The van der Waals surface area contributed by atoms with Crippen LogP contribution in [0.25, 0.3) is 10.9 Å². The minimum absolute atomic E-state index is 0. The Hall–Kier alpha value is -0.990. The SMILES string of the molecule is CN1CCC[C@H]1Cc1c[nH]c2ccccc12.Cl. The smallest absolute Gasteiger partial charge is 0.0456 e. The van der Waals surface area contributed by atoms with E-state index in [0.29, 0.717) is 0 Å². The van der Waals surface area contributed by atoms with Crippen molar-refractivity contribution in [2.45, 2.75) is 25.3 Å². The molecule has 1 aromatic carbocycles. The fraction of sp³-hybridized carbons (Fsp3) is 0.429. The van der Waals surface area contributed by atoms with Crippen LogP contribution >= 0.6 is 12.4 Å². The van der Waals surface area contributed by atoms with E-state index in [1.165, 1.54) is 42.3 Å². The van der Waals surface area contributed by atoms with Crippen LogP contribution in [0, 0.1) is 0 Å². The fourth-order valence-corrected chi connectivity index (χ4v) is 2.79. The van der Waals surface area contributed by atoms with Gasteiger partial charge in [-0.2, -0.15) is 0 Å². The van der Waals surface area contributed by atoms with Crippen LogP contribution in [0.1, 0.15) is 18.4 Å². The van der Waals surface area contributed by atoms with Crippen molar-refractivity contribution in [2.24, 2.45) is 0 Å². The number of likely N-dealkylation sites (N-methyl/N-ethyl adjacent to an activating group) is 1. The Morgan fingerprint density at radius 1 is 1.35 bits per heavy atom. The summed E-state index contributed by atoms with van der Waals surface area (Å²) in [6.07, 6.45) is 6.05. The Balaban J connectivity index is 0.00000108. The van der Waals surface area contributed by atoms with E-state index in [9.17, 15) is 0 Å². The van der Waals surface area contributed by atoms with Gasteiger partial charge in [0.05, 0.1) is 0 Å². The van der Waals surface area contributed by atoms with Crippen molar-refractivity contribution in [1.29, 1.82) is 0 Å². The number of likely N-dealkylation sites (tertiary alicyclic amines) is 1. The minimum atomic E-state index is 0. The average Bonchev–Trinajstić information content (AvgIpc) is 2.88. The van der Waals surface area contributed by atoms with E-state index in [1.54, 1.807) is 0 Å². The molecular formula is C14H19ClN2. The molecule has 0 unspecified atom stereocenters. The molecule has 2 nitrogen and oxygen atoms in total. The van der Waals surface area contributed by atoms with E-state index < -0.39 is 0 Å². The summed E-state index contributed by atoms with van der Waals surface area (Å²) in [7, 11) is 2.24. The lowest BCUT2D eigenvalue weighted by atomic mass is 10.0. The van der Waals surface area contributed by atoms with Crippen molar-refractivity contribution < 1.29 is 0 Å². The van der Waals surface area contributed by atoms with E-state index in [-0.39, 0.29) is 12.4 Å². The molecule has 0 spiro atoms. The standard InChI is InChI=1S/C14H18N2.ClH/c1-16-8-4-5-12(16)9-11-10-15-14-7-3-2-6-13(11)14;/h2-3,6-7,10,12,15H,4-5,8-9H2,1H3;1H/t12-;/m0./s1. The Kier molecular flexibility index (Phi) is 3.75. The molecule has 3 rings (SSSR count). The van der Waals surface area contributed by atoms with E-state index in [0.717, 1.165) is 6.04 Å². The van der Waals surface area contributed by atoms with Gasteiger partial charge in [0.1, 0.15) is 0 Å². The van der Waals surface area contributed by atoms with Crippen molar-refractivity contribution in [3.05, 3.63) is 36.0 Å². The maximum atomic E-state index is 3.36. The molecule has 1 aromatic heterocycles. The van der Waals surface area contributed by atoms with Gasteiger partial charge in [-0.15, -0.1) is 12.4 Å². The first kappa shape index (κ1) is 12.5. The second-order valence-electron chi connectivity index (χ2n) is 4.84. The molecule has 17 heavy (non-hydrogen) atoms. The average molecular weight is 251 g/mol. The van der Waals surface area contributed by atoms with Crippen LogP contribution in [-0.4, -0.2) is 29.5 Å². The number of H-pyrrole nitrogens is 1. The van der Waals surface area contributed by atoms with Gasteiger partial charge in [0, 0.05) is 23.1 Å². The second kappa shape index (κ2) is 5.11. The van der Waals surface area contributed by atoms with Crippen LogP contribution in [0.2, 0.25) is 0 Å². The number of benzene rings is 1. The topological polar surface area (TPSA) is 19.0 Å². The molecule has 1 aliphatic heterocycles. The summed E-state index contributed by atoms with van der Waals surface area (Å²) in [6.45, 7) is 1.26. The third kappa shape index (κ3) is 2.33. The van der Waals surface area contributed by atoms with Crippen molar-refractivity contribution >= 4 is 23.3 Å². The van der Waals surface area contributed by atoms with Crippen molar-refractivity contribution in [1.82, 2.24) is 9.88 Å². The lowest BCUT2D eigenvalue weighted by Crippen LogP contribution is -2.26. The number of nitrogens with zero attached hydrogens (tertiary/aromatic N) is 1. The summed E-state index contributed by atoms with van der Waals surface area (Å²) in [6, 6.07) is 9.31. The quantitative estimate of drug-likeness (QED) is 0.867. The molecule has 0 saturated carbocycles. The van der Waals surface area contributed by atoms with Gasteiger partial charge in [0.25, 0.3) is 0 Å². The Morgan fingerprint density at radius 2 is 2.18 bits per heavy atom. The normalized spacial score (nSPS) is 20.6. The molecule has 1 fully saturated rings. The fourth-order valence-electron chi connectivity index (χ4n) is 2.79. The van der Waals surface area contributed by atoms with Crippen LogP contribution in [0.5, 0.6) is 0 Å². The summed E-state index contributed by atoms with van der Waals surface area (Å²) in [5, 5.41) is 1.39. The van der Waals surface area contributed by atoms with Gasteiger partial charge in [-0.3, -0.25) is 0 Å². The number of fused-ring (bicyclic) bond motifs is 1. The first-order valence-electron chi connectivity index (χ1n) is 6.10. The summed E-state index contributed by atoms with van der Waals surface area (Å²) >= 11 is 0. The molecule has 2 heterocycles. The molecule has 3 heteroatoms. The zero-order chi connectivity index (χ0) is 11.0. The van der Waals surface area contributed by atoms with E-state index in [2.05, 4.69) is 47.4 Å². The number of aromatic amines is 1. The number of rotatable bonds is 2. The highest BCUT2D eigenvalue weighted by Gasteiger charge is 2.21. The Bertz CT molecular complexity index is 492. The van der Waals surface area contributed by atoms with Crippen molar-refractivity contribution in [2.75, 3.05) is 13.6 Å². The molecule has 1 aliphatic rings. The molecule has 1 N–H and O–H groups in total. The summed E-state index contributed by atoms with van der Waals surface area (Å²) in [5.74, 6) is 0. The first-order chi connectivity index (χ1) is 7.84. The number of para-hydroxylation sites is 1. The molecule has 0 aliphatic carbocycles. The summed E-state index contributed by atoms with van der Waals surface area (Å²) in [5.41, 5.74) is 2.73. The van der Waals surface area contributed by atoms with Gasteiger partial charge in [-0.1, -0.05) is 18.2 Å². The third-order valence-electron chi connectivity index (χ3n) is 3.80. The highest BCUT2D eigenvalue weighted by atomic mass is 35.5. The van der Waals surface area contributed by atoms with Crippen LogP contribution in [-0.2, 0) is 6.42 Å². The highest BCUT2D eigenvalue weighted by Crippen LogP contribution is 2.24. The second-order valence-corrected chi connectivity index (χ2v) is 4.84. The molecular weight excluding hydrogens is 232 g/mol. The van der Waals surface area contributed by atoms with Crippen LogP contribution in [0.4, 0.5) is 0 Å². The van der Waals surface area contributed by atoms with Crippen LogP contribution in [0.3, 0.4) is 0 Å². The molecule has 1 saturated heterocycles. The molecule has 0 bridgehead atoms. The maximum absolute atomic E-state index is 3.36. The summed E-state index contributed by atoms with van der Waals surface area (Å²) in [4.78, 5) is 5.85. The van der Waals surface area contributed by atoms with Crippen molar-refractivity contribution in [3.8, 4) is 0 Å². The molecule has 1 atom stereocenters. The molecule has 0 radical (unpaired) electrons. The van der Waals surface area contributed by atoms with Gasteiger partial charge in [-0.25, -0.2) is 0 Å². The lowest BCUT2D eigenvalue weighted by molar-refractivity contribution is 0.310. The zero-order valence-corrected chi connectivity index (χ0v) is 11.0. The van der Waals surface area contributed by atoms with E-state index >= 15 is 0 Å².